The Morgan fingerprint density at radius 1 is 0.367 bits per heavy atom. The van der Waals surface area contributed by atoms with Gasteiger partial charge in [0, 0.05) is 16.3 Å². The molecule has 0 bridgehead atoms. The molecule has 0 amide bonds. The first-order chi connectivity index (χ1) is 26.4. The van der Waals surface area contributed by atoms with Gasteiger partial charge in [0.25, 0.3) is 0 Å². The molecule has 0 saturated carbocycles. The average Bonchev–Trinajstić information content (AvgIpc) is 3.60. The van der Waals surface area contributed by atoms with Crippen LogP contribution in [0.1, 0.15) is 6.85 Å². The summed E-state index contributed by atoms with van der Waals surface area (Å²) in [6, 6.07) is 50.5. The lowest BCUT2D eigenvalue weighted by Crippen LogP contribution is -1.93. The Labute approximate surface area is 291 Å². The minimum atomic E-state index is -0.404. The molecule has 0 atom stereocenters. The molecule has 1 nitrogen and oxygen atoms in total. The van der Waals surface area contributed by atoms with Crippen LogP contribution in [-0.4, -0.2) is 0 Å². The minimum absolute atomic E-state index is 0.201. The number of hydrogen-bond acceptors (Lipinski definition) is 1. The molecular weight excluding hydrogens is 593 g/mol. The van der Waals surface area contributed by atoms with Gasteiger partial charge >= 0.3 is 0 Å². The molecule has 0 unspecified atom stereocenters. The molecule has 0 saturated heterocycles. The third-order valence-electron chi connectivity index (χ3n) is 9.73. The van der Waals surface area contributed by atoms with Crippen molar-refractivity contribution < 1.29 is 11.3 Å². The van der Waals surface area contributed by atoms with E-state index in [0.717, 1.165) is 87.6 Å². The fourth-order valence-electron chi connectivity index (χ4n) is 7.71. The van der Waals surface area contributed by atoms with Gasteiger partial charge in [-0.3, -0.25) is 0 Å². The summed E-state index contributed by atoms with van der Waals surface area (Å²) >= 11 is 0. The second-order valence-corrected chi connectivity index (χ2v) is 12.4. The molecule has 1 heterocycles. The molecule has 1 heteroatoms. The zero-order chi connectivity index (χ0) is 36.7. The zero-order valence-corrected chi connectivity index (χ0v) is 26.3. The molecule has 1 aromatic heterocycles. The van der Waals surface area contributed by atoms with Gasteiger partial charge in [0.1, 0.15) is 11.2 Å². The second-order valence-electron chi connectivity index (χ2n) is 12.4. The Morgan fingerprint density at radius 3 is 1.63 bits per heavy atom. The average molecular weight is 628 g/mol. The number of benzene rings is 9. The van der Waals surface area contributed by atoms with E-state index in [9.17, 15) is 0 Å². The SMILES string of the molecule is [2H]c1c([2H])c([2H])c(-c2c3ccccc3c(-c3cc(-c4ccc5oc6ccccc6c5c4-c4ccccc4)c4ccccc4c3)c3ccccc23)c([2H])c1[2H]. The van der Waals surface area contributed by atoms with Crippen LogP contribution in [0.2, 0.25) is 0 Å². The van der Waals surface area contributed by atoms with Crippen molar-refractivity contribution in [1.82, 2.24) is 0 Å². The summed E-state index contributed by atoms with van der Waals surface area (Å²) in [5.41, 5.74) is 8.90. The van der Waals surface area contributed by atoms with Crippen molar-refractivity contribution in [3.05, 3.63) is 182 Å². The van der Waals surface area contributed by atoms with Crippen molar-refractivity contribution in [1.29, 1.82) is 0 Å². The molecule has 0 aliphatic rings. The van der Waals surface area contributed by atoms with E-state index in [-0.39, 0.29) is 29.7 Å². The lowest BCUT2D eigenvalue weighted by molar-refractivity contribution is 0.669. The van der Waals surface area contributed by atoms with Crippen molar-refractivity contribution in [3.8, 4) is 44.5 Å². The molecule has 10 aromatic rings. The standard InChI is InChI=1S/C48H30O/c1-3-15-31(16-4-1)45-36-21-9-11-23-38(36)46(39-24-12-10-22-37(39)45)34-29-33-19-7-8-20-35(33)42(30-34)40-27-28-44-48(41-25-13-14-26-43(41)49-44)47(40)32-17-5-2-6-18-32/h1-30H/i1D,3D,4D,15D,16D. The van der Waals surface area contributed by atoms with Crippen molar-refractivity contribution in [2.24, 2.45) is 0 Å². The largest absolute Gasteiger partial charge is 0.456 e. The van der Waals surface area contributed by atoms with E-state index in [2.05, 4.69) is 97.1 Å². The molecule has 10 rings (SSSR count). The summed E-state index contributed by atoms with van der Waals surface area (Å²) in [5, 5.41) is 7.83. The molecule has 0 aliphatic heterocycles. The van der Waals surface area contributed by atoms with Crippen LogP contribution in [0.15, 0.2) is 186 Å². The molecule has 0 radical (unpaired) electrons. The van der Waals surface area contributed by atoms with Crippen LogP contribution < -0.4 is 0 Å². The highest BCUT2D eigenvalue weighted by Gasteiger charge is 2.21. The predicted molar refractivity (Wildman–Crippen MR) is 208 cm³/mol. The van der Waals surface area contributed by atoms with Crippen LogP contribution >= 0.6 is 0 Å². The van der Waals surface area contributed by atoms with Gasteiger partial charge in [-0.25, -0.2) is 0 Å². The summed E-state index contributed by atoms with van der Waals surface area (Å²) < 4.78 is 49.6. The van der Waals surface area contributed by atoms with Crippen LogP contribution in [0.25, 0.3) is 98.8 Å². The van der Waals surface area contributed by atoms with E-state index in [0.29, 0.717) is 5.56 Å². The molecule has 9 aromatic carbocycles. The monoisotopic (exact) mass is 627 g/mol. The van der Waals surface area contributed by atoms with Crippen molar-refractivity contribution >= 4 is 54.3 Å². The van der Waals surface area contributed by atoms with E-state index < -0.39 is 6.04 Å². The van der Waals surface area contributed by atoms with Gasteiger partial charge in [-0.2, -0.15) is 0 Å². The smallest absolute Gasteiger partial charge is 0.136 e. The first-order valence-corrected chi connectivity index (χ1v) is 16.4. The molecular formula is C48H30O. The van der Waals surface area contributed by atoms with E-state index in [4.69, 9.17) is 11.3 Å². The molecule has 0 N–H and O–H groups in total. The van der Waals surface area contributed by atoms with Crippen LogP contribution in [0.5, 0.6) is 0 Å². The predicted octanol–water partition coefficient (Wildman–Crippen LogP) is 13.7. The van der Waals surface area contributed by atoms with Gasteiger partial charge in [-0.15, -0.1) is 0 Å². The van der Waals surface area contributed by atoms with Gasteiger partial charge in [0.15, 0.2) is 0 Å². The van der Waals surface area contributed by atoms with Gasteiger partial charge in [0.05, 0.1) is 6.85 Å². The highest BCUT2D eigenvalue weighted by molar-refractivity contribution is 6.23. The number of rotatable bonds is 4. The van der Waals surface area contributed by atoms with Crippen molar-refractivity contribution in [2.75, 3.05) is 0 Å². The first kappa shape index (κ1) is 23.0. The maximum absolute atomic E-state index is 8.96. The van der Waals surface area contributed by atoms with Crippen molar-refractivity contribution in [2.45, 2.75) is 0 Å². The maximum Gasteiger partial charge on any atom is 0.136 e. The number of furan rings is 1. The topological polar surface area (TPSA) is 13.1 Å². The molecule has 0 spiro atoms. The van der Waals surface area contributed by atoms with E-state index in [1.54, 1.807) is 0 Å². The van der Waals surface area contributed by atoms with E-state index in [1.807, 2.05) is 54.6 Å². The van der Waals surface area contributed by atoms with Gasteiger partial charge in [0.2, 0.25) is 0 Å². The molecule has 228 valence electrons. The Bertz CT molecular complexity index is 3080. The fraction of sp³-hybridized carbons (Fsp3) is 0. The molecule has 0 fully saturated rings. The highest BCUT2D eigenvalue weighted by atomic mass is 16.3. The Morgan fingerprint density at radius 2 is 0.939 bits per heavy atom. The highest BCUT2D eigenvalue weighted by Crippen LogP contribution is 2.48. The third kappa shape index (κ3) is 4.33. The normalized spacial score (nSPS) is 13.1. The summed E-state index contributed by atoms with van der Waals surface area (Å²) in [4.78, 5) is 0. The number of fused-ring (bicyclic) bond motifs is 6. The minimum Gasteiger partial charge on any atom is -0.456 e. The maximum atomic E-state index is 8.96. The second kappa shape index (κ2) is 11.1. The van der Waals surface area contributed by atoms with Crippen molar-refractivity contribution in [3.63, 3.8) is 0 Å². The molecule has 0 aliphatic carbocycles. The van der Waals surface area contributed by atoms with Gasteiger partial charge in [-0.1, -0.05) is 152 Å². The fourth-order valence-corrected chi connectivity index (χ4v) is 7.71. The van der Waals surface area contributed by atoms with Crippen LogP contribution in [0.4, 0.5) is 0 Å². The lowest BCUT2D eigenvalue weighted by atomic mass is 9.83. The van der Waals surface area contributed by atoms with Crippen LogP contribution in [-0.2, 0) is 0 Å². The van der Waals surface area contributed by atoms with Gasteiger partial charge < -0.3 is 4.42 Å². The summed E-state index contributed by atoms with van der Waals surface area (Å²) in [6.45, 7) is 0. The Balaban J connectivity index is 1.34. The Kier molecular flexibility index (Phi) is 5.20. The Hall–Kier alpha value is -6.44. The lowest BCUT2D eigenvalue weighted by Gasteiger charge is -2.20. The van der Waals surface area contributed by atoms with Crippen LogP contribution in [0.3, 0.4) is 0 Å². The number of hydrogen-bond donors (Lipinski definition) is 0. The first-order valence-electron chi connectivity index (χ1n) is 18.9. The summed E-state index contributed by atoms with van der Waals surface area (Å²) in [5.74, 6) is 0. The quantitative estimate of drug-likeness (QED) is 0.177. The summed E-state index contributed by atoms with van der Waals surface area (Å²) in [7, 11) is 0. The van der Waals surface area contributed by atoms with Crippen LogP contribution in [0, 0.1) is 0 Å². The molecule has 49 heavy (non-hydrogen) atoms. The number of para-hydroxylation sites is 1. The summed E-state index contributed by atoms with van der Waals surface area (Å²) in [6.07, 6.45) is 0. The zero-order valence-electron chi connectivity index (χ0n) is 31.3. The van der Waals surface area contributed by atoms with E-state index in [1.165, 1.54) is 0 Å². The van der Waals surface area contributed by atoms with Gasteiger partial charge in [-0.05, 0) is 102 Å². The third-order valence-corrected chi connectivity index (χ3v) is 9.73. The van der Waals surface area contributed by atoms with E-state index >= 15 is 0 Å².